The molecule has 4 heteroatoms. The minimum Gasteiger partial charge on any atom is -0.319 e. The molecule has 0 saturated carbocycles. The maximum absolute atomic E-state index is 4.74. The summed E-state index contributed by atoms with van der Waals surface area (Å²) in [6, 6.07) is 21.5. The van der Waals surface area contributed by atoms with Gasteiger partial charge in [0.05, 0.1) is 5.69 Å². The molecule has 2 heterocycles. The van der Waals surface area contributed by atoms with Gasteiger partial charge in [0.2, 0.25) is 0 Å². The van der Waals surface area contributed by atoms with Crippen LogP contribution in [0.4, 0.5) is 5.69 Å². The van der Waals surface area contributed by atoms with Gasteiger partial charge in [-0.25, -0.2) is 0 Å². The van der Waals surface area contributed by atoms with Gasteiger partial charge in [-0.15, -0.1) is 0 Å². The molecule has 2 aromatic heterocycles. The van der Waals surface area contributed by atoms with Crippen LogP contribution < -0.4 is 0 Å². The van der Waals surface area contributed by atoms with Gasteiger partial charge in [0, 0.05) is 49.5 Å². The van der Waals surface area contributed by atoms with Gasteiger partial charge in [0.15, 0.2) is 0 Å². The number of benzene rings is 2. The van der Waals surface area contributed by atoms with Gasteiger partial charge in [-0.1, -0.05) is 0 Å². The third-order valence-electron chi connectivity index (χ3n) is 5.60. The van der Waals surface area contributed by atoms with Crippen molar-refractivity contribution in [3.05, 3.63) is 98.1 Å². The summed E-state index contributed by atoms with van der Waals surface area (Å²) in [6.07, 6.45) is 1.97. The number of aliphatic imine (C=N–C) groups is 1. The van der Waals surface area contributed by atoms with E-state index in [4.69, 9.17) is 4.99 Å². The lowest BCUT2D eigenvalue weighted by Crippen LogP contribution is -2.00. The smallest absolute Gasteiger partial charge is 0.0631 e. The van der Waals surface area contributed by atoms with Gasteiger partial charge in [-0.2, -0.15) is 0 Å². The summed E-state index contributed by atoms with van der Waals surface area (Å²) in [5, 5.41) is 0. The highest BCUT2D eigenvalue weighted by Gasteiger charge is 2.10. The van der Waals surface area contributed by atoms with Crippen molar-refractivity contribution in [3.8, 4) is 11.4 Å². The molecule has 0 aliphatic heterocycles. The number of aromatic nitrogens is 2. The maximum Gasteiger partial charge on any atom is 0.0631 e. The van der Waals surface area contributed by atoms with Crippen LogP contribution in [0.5, 0.6) is 0 Å². The van der Waals surface area contributed by atoms with Crippen molar-refractivity contribution >= 4 is 34.5 Å². The van der Waals surface area contributed by atoms with E-state index >= 15 is 0 Å². The fourth-order valence-corrected chi connectivity index (χ4v) is 4.33. The zero-order valence-electron chi connectivity index (χ0n) is 18.1. The van der Waals surface area contributed by atoms with Crippen LogP contribution in [-0.4, -0.2) is 15.3 Å². The lowest BCUT2D eigenvalue weighted by Gasteiger charge is -2.11. The highest BCUT2D eigenvalue weighted by molar-refractivity contribution is 14.1. The largest absolute Gasteiger partial charge is 0.319 e. The molecule has 0 amide bonds. The highest BCUT2D eigenvalue weighted by atomic mass is 127. The van der Waals surface area contributed by atoms with E-state index < -0.39 is 0 Å². The number of hydrogen-bond donors (Lipinski definition) is 0. The van der Waals surface area contributed by atoms with E-state index in [1.165, 1.54) is 43.3 Å². The van der Waals surface area contributed by atoms with Crippen molar-refractivity contribution in [3.63, 3.8) is 0 Å². The first-order chi connectivity index (χ1) is 14.3. The predicted molar refractivity (Wildman–Crippen MR) is 135 cm³/mol. The van der Waals surface area contributed by atoms with Crippen LogP contribution in [-0.2, 0) is 0 Å². The summed E-state index contributed by atoms with van der Waals surface area (Å²) < 4.78 is 5.84. The minimum atomic E-state index is 0.955. The van der Waals surface area contributed by atoms with E-state index in [9.17, 15) is 0 Å². The quantitative estimate of drug-likeness (QED) is 0.207. The molecular weight excluding hydrogens is 481 g/mol. The molecule has 0 N–H and O–H groups in total. The molecule has 4 rings (SSSR count). The van der Waals surface area contributed by atoms with Crippen LogP contribution >= 0.6 is 22.6 Å². The van der Waals surface area contributed by atoms with Crippen LogP contribution in [0, 0.1) is 38.2 Å². The molecule has 2 aromatic carbocycles. The topological polar surface area (TPSA) is 22.2 Å². The average Bonchev–Trinajstić information content (AvgIpc) is 3.20. The van der Waals surface area contributed by atoms with E-state index in [1.54, 1.807) is 0 Å². The first-order valence-corrected chi connectivity index (χ1v) is 11.2. The summed E-state index contributed by atoms with van der Waals surface area (Å²) >= 11 is 2.38. The number of rotatable bonds is 4. The molecular formula is C26H26IN3. The van der Waals surface area contributed by atoms with Gasteiger partial charge in [-0.05, 0) is 123 Å². The lowest BCUT2D eigenvalue weighted by molar-refractivity contribution is 0.962. The lowest BCUT2D eigenvalue weighted by atomic mass is 10.2. The Balaban J connectivity index is 1.61. The molecule has 0 spiro atoms. The Hall–Kier alpha value is -2.60. The van der Waals surface area contributed by atoms with Crippen LogP contribution in [0.2, 0.25) is 0 Å². The molecule has 4 aromatic rings. The third-order valence-corrected chi connectivity index (χ3v) is 6.81. The highest BCUT2D eigenvalue weighted by Crippen LogP contribution is 2.24. The van der Waals surface area contributed by atoms with Crippen LogP contribution in [0.1, 0.15) is 33.9 Å². The molecule has 0 aliphatic rings. The van der Waals surface area contributed by atoms with Crippen molar-refractivity contribution in [2.24, 2.45) is 4.99 Å². The minimum absolute atomic E-state index is 0.955. The van der Waals surface area contributed by atoms with Crippen LogP contribution in [0.3, 0.4) is 0 Å². The van der Waals surface area contributed by atoms with Crippen molar-refractivity contribution in [1.82, 2.24) is 9.13 Å². The fourth-order valence-electron chi connectivity index (χ4n) is 3.99. The summed E-state index contributed by atoms with van der Waals surface area (Å²) in [5.74, 6) is 0. The normalized spacial score (nSPS) is 11.5. The Labute approximate surface area is 192 Å². The second-order valence-corrected chi connectivity index (χ2v) is 8.98. The van der Waals surface area contributed by atoms with Gasteiger partial charge in [-0.3, -0.25) is 4.99 Å². The van der Waals surface area contributed by atoms with Gasteiger partial charge >= 0.3 is 0 Å². The number of aryl methyl sites for hydroxylation is 4. The van der Waals surface area contributed by atoms with E-state index in [0.717, 1.165) is 11.3 Å². The van der Waals surface area contributed by atoms with Gasteiger partial charge < -0.3 is 9.13 Å². The van der Waals surface area contributed by atoms with Crippen molar-refractivity contribution in [2.75, 3.05) is 0 Å². The molecule has 30 heavy (non-hydrogen) atoms. The Kier molecular flexibility index (Phi) is 5.69. The number of hydrogen-bond acceptors (Lipinski definition) is 1. The van der Waals surface area contributed by atoms with Crippen LogP contribution in [0.15, 0.2) is 65.7 Å². The van der Waals surface area contributed by atoms with Crippen molar-refractivity contribution < 1.29 is 0 Å². The van der Waals surface area contributed by atoms with E-state index in [1.807, 2.05) is 6.21 Å². The first-order valence-electron chi connectivity index (χ1n) is 10.1. The zero-order valence-corrected chi connectivity index (χ0v) is 20.2. The molecule has 0 aliphatic carbocycles. The van der Waals surface area contributed by atoms with Crippen LogP contribution in [0.25, 0.3) is 11.4 Å². The Bertz CT molecular complexity index is 1220. The molecule has 3 nitrogen and oxygen atoms in total. The summed E-state index contributed by atoms with van der Waals surface area (Å²) in [4.78, 5) is 4.74. The second-order valence-electron chi connectivity index (χ2n) is 7.82. The number of halogens is 1. The molecule has 0 fully saturated rings. The maximum atomic E-state index is 4.74. The van der Waals surface area contributed by atoms with E-state index in [0.29, 0.717) is 0 Å². The third kappa shape index (κ3) is 3.88. The Morgan fingerprint density at radius 3 is 1.97 bits per heavy atom. The first kappa shape index (κ1) is 20.7. The molecule has 0 atom stereocenters. The monoisotopic (exact) mass is 507 g/mol. The molecule has 152 valence electrons. The summed E-state index contributed by atoms with van der Waals surface area (Å²) in [6.45, 7) is 10.7. The van der Waals surface area contributed by atoms with Crippen molar-refractivity contribution in [2.45, 2.75) is 34.6 Å². The fraction of sp³-hybridized carbons (Fsp3) is 0.192. The predicted octanol–water partition coefficient (Wildman–Crippen LogP) is 7.17. The van der Waals surface area contributed by atoms with Gasteiger partial charge in [0.1, 0.15) is 0 Å². The average molecular weight is 507 g/mol. The van der Waals surface area contributed by atoms with E-state index in [-0.39, 0.29) is 0 Å². The molecule has 0 saturated heterocycles. The number of nitrogens with zero attached hydrogens (tertiary/aromatic N) is 3. The summed E-state index contributed by atoms with van der Waals surface area (Å²) in [7, 11) is 0. The standard InChI is InChI=1S/C26H26IN3/c1-17-14-25(12-13-26(17)27)30-20(4)15-22(21(30)5)16-28-23-8-10-24(11-9-23)29-18(2)6-7-19(29)3/h6-16H,1-5H3. The molecule has 0 radical (unpaired) electrons. The van der Waals surface area contributed by atoms with E-state index in [2.05, 4.69) is 127 Å². The Morgan fingerprint density at radius 1 is 0.700 bits per heavy atom. The summed E-state index contributed by atoms with van der Waals surface area (Å²) in [5.41, 5.74) is 10.6. The molecule has 0 bridgehead atoms. The zero-order chi connectivity index (χ0) is 21.4. The second kappa shape index (κ2) is 8.26. The van der Waals surface area contributed by atoms with Gasteiger partial charge in [0.25, 0.3) is 0 Å². The van der Waals surface area contributed by atoms with Crippen molar-refractivity contribution in [1.29, 1.82) is 0 Å². The Morgan fingerprint density at radius 2 is 1.33 bits per heavy atom. The molecule has 0 unspecified atom stereocenters. The SMILES string of the molecule is Cc1cc(-n2c(C)cc(C=Nc3ccc(-n4c(C)ccc4C)cc3)c2C)ccc1I.